The predicted molar refractivity (Wildman–Crippen MR) is 73.9 cm³/mol. The van der Waals surface area contributed by atoms with E-state index in [4.69, 9.17) is 0 Å². The van der Waals surface area contributed by atoms with Crippen LogP contribution in [0.15, 0.2) is 37.0 Å². The summed E-state index contributed by atoms with van der Waals surface area (Å²) in [4.78, 5) is 2.47. The summed E-state index contributed by atoms with van der Waals surface area (Å²) in [5.74, 6) is 0. The van der Waals surface area contributed by atoms with Crippen molar-refractivity contribution in [2.24, 2.45) is 0 Å². The van der Waals surface area contributed by atoms with E-state index in [1.807, 2.05) is 6.20 Å². The molecule has 1 aromatic rings. The minimum Gasteiger partial charge on any atom is -0.368 e. The molecule has 2 rings (SSSR count). The van der Waals surface area contributed by atoms with Gasteiger partial charge in [0.15, 0.2) is 0 Å². The number of rotatable bonds is 3. The van der Waals surface area contributed by atoms with Crippen molar-refractivity contribution < 1.29 is 0 Å². The van der Waals surface area contributed by atoms with Gasteiger partial charge in [-0.1, -0.05) is 43.3 Å². The van der Waals surface area contributed by atoms with Crippen LogP contribution in [0.4, 0.5) is 0 Å². The van der Waals surface area contributed by atoms with Crippen molar-refractivity contribution in [3.63, 3.8) is 0 Å². The van der Waals surface area contributed by atoms with E-state index >= 15 is 0 Å². The van der Waals surface area contributed by atoms with Crippen molar-refractivity contribution in [3.8, 4) is 0 Å². The number of hydrogen-bond donors (Lipinski definition) is 0. The predicted octanol–water partition coefficient (Wildman–Crippen LogP) is 4.44. The zero-order valence-corrected chi connectivity index (χ0v) is 11.0. The van der Waals surface area contributed by atoms with Gasteiger partial charge in [-0.15, -0.1) is 0 Å². The van der Waals surface area contributed by atoms with Gasteiger partial charge in [0.05, 0.1) is 6.04 Å². The van der Waals surface area contributed by atoms with Crippen LogP contribution in [-0.4, -0.2) is 10.9 Å². The lowest BCUT2D eigenvalue weighted by molar-refractivity contribution is 0.137. The van der Waals surface area contributed by atoms with Crippen molar-refractivity contribution in [3.05, 3.63) is 48.2 Å². The van der Waals surface area contributed by atoms with Crippen molar-refractivity contribution in [2.75, 3.05) is 0 Å². The van der Waals surface area contributed by atoms with E-state index < -0.39 is 0 Å². The fourth-order valence-corrected chi connectivity index (χ4v) is 3.01. The van der Waals surface area contributed by atoms with Crippen LogP contribution in [0.3, 0.4) is 0 Å². The molecule has 0 amide bonds. The second-order valence-corrected chi connectivity index (χ2v) is 5.05. The highest BCUT2D eigenvalue weighted by Gasteiger charge is 2.27. The molecule has 92 valence electrons. The first-order valence-corrected chi connectivity index (χ1v) is 6.72. The summed E-state index contributed by atoms with van der Waals surface area (Å²) in [5.41, 5.74) is 2.80. The molecule has 17 heavy (non-hydrogen) atoms. The molecule has 0 aliphatic carbocycles. The molecular formula is C16H23N. The third kappa shape index (κ3) is 2.54. The first-order valence-electron chi connectivity index (χ1n) is 6.72. The molecule has 0 aromatic heterocycles. The Balaban J connectivity index is 2.26. The normalized spacial score (nSPS) is 24.7. The summed E-state index contributed by atoms with van der Waals surface area (Å²) in [6, 6.07) is 10.1. The number of benzene rings is 1. The first kappa shape index (κ1) is 12.2. The topological polar surface area (TPSA) is 3.24 Å². The van der Waals surface area contributed by atoms with Gasteiger partial charge in [-0.3, -0.25) is 0 Å². The fraction of sp³-hybridized carbons (Fsp3) is 0.500. The molecule has 2 atom stereocenters. The van der Waals surface area contributed by atoms with Crippen LogP contribution in [0, 0.1) is 6.92 Å². The monoisotopic (exact) mass is 229 g/mol. The molecule has 1 fully saturated rings. The molecule has 0 bridgehead atoms. The molecule has 1 saturated heterocycles. The summed E-state index contributed by atoms with van der Waals surface area (Å²) in [6.45, 7) is 8.45. The molecule has 1 nitrogen and oxygen atoms in total. The molecule has 1 heteroatoms. The van der Waals surface area contributed by atoms with Crippen LogP contribution in [0.1, 0.15) is 49.8 Å². The van der Waals surface area contributed by atoms with Gasteiger partial charge < -0.3 is 4.90 Å². The fourth-order valence-electron chi connectivity index (χ4n) is 3.01. The van der Waals surface area contributed by atoms with E-state index in [0.29, 0.717) is 12.1 Å². The van der Waals surface area contributed by atoms with Crippen LogP contribution < -0.4 is 0 Å². The van der Waals surface area contributed by atoms with E-state index in [-0.39, 0.29) is 0 Å². The van der Waals surface area contributed by atoms with E-state index in [9.17, 15) is 0 Å². The minimum absolute atomic E-state index is 0.533. The second-order valence-electron chi connectivity index (χ2n) is 5.05. The maximum atomic E-state index is 4.01. The van der Waals surface area contributed by atoms with Gasteiger partial charge in [0.25, 0.3) is 0 Å². The second kappa shape index (κ2) is 5.39. The summed E-state index contributed by atoms with van der Waals surface area (Å²) < 4.78 is 0. The summed E-state index contributed by atoms with van der Waals surface area (Å²) in [6.07, 6.45) is 7.16. The lowest BCUT2D eigenvalue weighted by Gasteiger charge is -2.41. The van der Waals surface area contributed by atoms with Crippen LogP contribution in [0.2, 0.25) is 0 Å². The summed E-state index contributed by atoms with van der Waals surface area (Å²) >= 11 is 0. The number of piperidine rings is 1. The highest BCUT2D eigenvalue weighted by molar-refractivity contribution is 5.26. The molecule has 1 aliphatic rings. The van der Waals surface area contributed by atoms with Crippen molar-refractivity contribution in [1.29, 1.82) is 0 Å². The summed E-state index contributed by atoms with van der Waals surface area (Å²) in [5, 5.41) is 0. The molecule has 1 heterocycles. The number of likely N-dealkylation sites (tertiary alicyclic amines) is 1. The van der Waals surface area contributed by atoms with Crippen LogP contribution >= 0.6 is 0 Å². The molecular weight excluding hydrogens is 206 g/mol. The Morgan fingerprint density at radius 1 is 1.41 bits per heavy atom. The number of nitrogens with zero attached hydrogens (tertiary/aromatic N) is 1. The molecule has 1 aliphatic heterocycles. The lowest BCUT2D eigenvalue weighted by Crippen LogP contribution is -2.37. The Morgan fingerprint density at radius 3 is 2.88 bits per heavy atom. The highest BCUT2D eigenvalue weighted by Crippen LogP contribution is 2.35. The van der Waals surface area contributed by atoms with Gasteiger partial charge >= 0.3 is 0 Å². The van der Waals surface area contributed by atoms with E-state index in [1.165, 1.54) is 36.8 Å². The Kier molecular flexibility index (Phi) is 3.88. The SMILES string of the molecule is C=CN1[C@@H](CC)CCC[C@H]1c1cccc(C)c1. The van der Waals surface area contributed by atoms with Gasteiger partial charge in [0.2, 0.25) is 0 Å². The maximum absolute atomic E-state index is 4.01. The van der Waals surface area contributed by atoms with Crippen LogP contribution in [0.5, 0.6) is 0 Å². The summed E-state index contributed by atoms with van der Waals surface area (Å²) in [7, 11) is 0. The molecule has 0 unspecified atom stereocenters. The van der Waals surface area contributed by atoms with Gasteiger partial charge in [-0.25, -0.2) is 0 Å². The van der Waals surface area contributed by atoms with Gasteiger partial charge in [-0.05, 0) is 44.4 Å². The Morgan fingerprint density at radius 2 is 2.24 bits per heavy atom. The minimum atomic E-state index is 0.533. The van der Waals surface area contributed by atoms with Gasteiger partial charge in [0.1, 0.15) is 0 Å². The van der Waals surface area contributed by atoms with Gasteiger partial charge in [-0.2, -0.15) is 0 Å². The third-order valence-electron chi connectivity index (χ3n) is 3.91. The molecule has 1 aromatic carbocycles. The average Bonchev–Trinajstić information content (AvgIpc) is 2.37. The molecule has 0 N–H and O–H groups in total. The Bertz CT molecular complexity index is 383. The van der Waals surface area contributed by atoms with Crippen molar-refractivity contribution in [1.82, 2.24) is 4.90 Å². The zero-order valence-electron chi connectivity index (χ0n) is 11.0. The molecule has 0 spiro atoms. The van der Waals surface area contributed by atoms with Crippen LogP contribution in [-0.2, 0) is 0 Å². The first-order chi connectivity index (χ1) is 8.26. The van der Waals surface area contributed by atoms with E-state index in [0.717, 1.165) is 0 Å². The van der Waals surface area contributed by atoms with E-state index in [2.05, 4.69) is 49.6 Å². The van der Waals surface area contributed by atoms with E-state index in [1.54, 1.807) is 0 Å². The highest BCUT2D eigenvalue weighted by atomic mass is 15.2. The lowest BCUT2D eigenvalue weighted by atomic mass is 9.89. The number of aryl methyl sites for hydroxylation is 1. The standard InChI is InChI=1S/C16H23N/c1-4-15-10-7-11-16(17(15)5-2)14-9-6-8-13(3)12-14/h5-6,8-9,12,15-16H,2,4,7,10-11H2,1,3H3/t15-,16-/m0/s1. The molecule has 0 saturated carbocycles. The smallest absolute Gasteiger partial charge is 0.0539 e. The number of hydrogen-bond acceptors (Lipinski definition) is 1. The van der Waals surface area contributed by atoms with Crippen molar-refractivity contribution in [2.45, 2.75) is 51.6 Å². The third-order valence-corrected chi connectivity index (χ3v) is 3.91. The Hall–Kier alpha value is -1.24. The quantitative estimate of drug-likeness (QED) is 0.740. The van der Waals surface area contributed by atoms with Crippen molar-refractivity contribution >= 4 is 0 Å². The zero-order chi connectivity index (χ0) is 12.3. The average molecular weight is 229 g/mol. The Labute approximate surface area is 105 Å². The maximum Gasteiger partial charge on any atom is 0.0539 e. The largest absolute Gasteiger partial charge is 0.368 e. The van der Waals surface area contributed by atoms with Gasteiger partial charge in [0, 0.05) is 6.04 Å². The molecule has 0 radical (unpaired) electrons. The van der Waals surface area contributed by atoms with Crippen LogP contribution in [0.25, 0.3) is 0 Å².